The van der Waals surface area contributed by atoms with Gasteiger partial charge in [-0.15, -0.1) is 0 Å². The molecule has 7 nitrogen and oxygen atoms in total. The van der Waals surface area contributed by atoms with E-state index in [2.05, 4.69) is 19.9 Å². The van der Waals surface area contributed by atoms with Gasteiger partial charge in [0, 0.05) is 31.7 Å². The van der Waals surface area contributed by atoms with E-state index >= 15 is 0 Å². The molecule has 0 spiro atoms. The van der Waals surface area contributed by atoms with Crippen molar-refractivity contribution in [3.63, 3.8) is 0 Å². The normalized spacial score (nSPS) is 14.5. The fraction of sp³-hybridized carbons (Fsp3) is 0.208. The summed E-state index contributed by atoms with van der Waals surface area (Å²) in [7, 11) is 0. The third-order valence-electron chi connectivity index (χ3n) is 5.66. The first kappa shape index (κ1) is 21.4. The maximum absolute atomic E-state index is 13.1. The molecule has 0 saturated carbocycles. The summed E-state index contributed by atoms with van der Waals surface area (Å²) >= 11 is 6.44. The van der Waals surface area contributed by atoms with Gasteiger partial charge >= 0.3 is 0 Å². The number of nitrogens with zero attached hydrogens (tertiary/aromatic N) is 5. The largest absolute Gasteiger partial charge is 0.439 e. The lowest BCUT2D eigenvalue weighted by atomic mass is 10.2. The molecule has 0 amide bonds. The lowest BCUT2D eigenvalue weighted by Gasteiger charge is -2.35. The zero-order valence-corrected chi connectivity index (χ0v) is 18.5. The van der Waals surface area contributed by atoms with Crippen LogP contribution in [-0.4, -0.2) is 45.8 Å². The van der Waals surface area contributed by atoms with Crippen LogP contribution in [0.5, 0.6) is 0 Å². The van der Waals surface area contributed by atoms with Crippen molar-refractivity contribution >= 4 is 17.3 Å². The second kappa shape index (κ2) is 9.17. The van der Waals surface area contributed by atoms with Gasteiger partial charge in [-0.1, -0.05) is 29.8 Å². The van der Waals surface area contributed by atoms with Crippen LogP contribution in [0.1, 0.15) is 5.89 Å². The highest BCUT2D eigenvalue weighted by Gasteiger charge is 2.22. The number of benzene rings is 2. The summed E-state index contributed by atoms with van der Waals surface area (Å²) in [6.07, 6.45) is 3.31. The summed E-state index contributed by atoms with van der Waals surface area (Å²) < 4.78 is 20.3. The fourth-order valence-corrected chi connectivity index (χ4v) is 4.12. The zero-order valence-electron chi connectivity index (χ0n) is 17.7. The molecule has 0 aliphatic carbocycles. The number of aromatic nitrogens is 3. The Morgan fingerprint density at radius 3 is 2.42 bits per heavy atom. The van der Waals surface area contributed by atoms with Crippen LogP contribution in [0.3, 0.4) is 0 Å². The molecule has 1 aliphatic heterocycles. The standard InChI is InChI=1S/C24H21ClFN5O2/c25-23-20(14-28-31(24(23)32)19-4-2-1-3-5-19)30-12-10-29(11-13-30)16-22-27-15-21(33-22)17-6-8-18(26)9-7-17/h1-9,14-15H,10-13,16H2. The monoisotopic (exact) mass is 465 g/mol. The molecule has 9 heteroatoms. The molecule has 1 saturated heterocycles. The van der Waals surface area contributed by atoms with Crippen molar-refractivity contribution in [3.8, 4) is 17.0 Å². The molecular formula is C24H21ClFN5O2. The van der Waals surface area contributed by atoms with Crippen molar-refractivity contribution in [2.45, 2.75) is 6.54 Å². The summed E-state index contributed by atoms with van der Waals surface area (Å²) in [5.41, 5.74) is 1.76. The molecule has 1 fully saturated rings. The predicted molar refractivity (Wildman–Crippen MR) is 124 cm³/mol. The Labute approximate surface area is 194 Å². The van der Waals surface area contributed by atoms with E-state index in [1.54, 1.807) is 24.5 Å². The minimum atomic E-state index is -0.337. The maximum Gasteiger partial charge on any atom is 0.292 e. The van der Waals surface area contributed by atoms with Crippen LogP contribution in [-0.2, 0) is 6.54 Å². The molecule has 33 heavy (non-hydrogen) atoms. The Morgan fingerprint density at radius 2 is 1.70 bits per heavy atom. The number of para-hydroxylation sites is 1. The minimum absolute atomic E-state index is 0.166. The van der Waals surface area contributed by atoms with Crippen LogP contribution >= 0.6 is 11.6 Å². The van der Waals surface area contributed by atoms with Crippen molar-refractivity contribution in [1.82, 2.24) is 19.7 Å². The molecule has 2 aromatic carbocycles. The van der Waals surface area contributed by atoms with Gasteiger partial charge in [0.2, 0.25) is 5.89 Å². The lowest BCUT2D eigenvalue weighted by Crippen LogP contribution is -2.46. The van der Waals surface area contributed by atoms with Crippen LogP contribution in [0.4, 0.5) is 10.1 Å². The summed E-state index contributed by atoms with van der Waals surface area (Å²) in [4.78, 5) is 21.4. The molecular weight excluding hydrogens is 445 g/mol. The number of rotatable bonds is 5. The molecule has 1 aliphatic rings. The zero-order chi connectivity index (χ0) is 22.8. The van der Waals surface area contributed by atoms with E-state index in [0.29, 0.717) is 42.7 Å². The molecule has 0 atom stereocenters. The van der Waals surface area contributed by atoms with Crippen LogP contribution in [0, 0.1) is 5.82 Å². The Hall–Kier alpha value is -3.49. The maximum atomic E-state index is 13.1. The highest BCUT2D eigenvalue weighted by molar-refractivity contribution is 6.33. The van der Waals surface area contributed by atoms with E-state index in [1.165, 1.54) is 16.8 Å². The summed E-state index contributed by atoms with van der Waals surface area (Å²) in [5.74, 6) is 0.928. The molecule has 0 N–H and O–H groups in total. The number of halogens is 2. The Morgan fingerprint density at radius 1 is 0.970 bits per heavy atom. The number of oxazole rings is 1. The van der Waals surface area contributed by atoms with Gasteiger partial charge in [-0.2, -0.15) is 9.78 Å². The second-order valence-electron chi connectivity index (χ2n) is 7.78. The molecule has 4 aromatic rings. The Bertz CT molecular complexity index is 1300. The average Bonchev–Trinajstić information content (AvgIpc) is 3.31. The van der Waals surface area contributed by atoms with Crippen molar-refractivity contribution in [2.24, 2.45) is 0 Å². The fourth-order valence-electron chi connectivity index (χ4n) is 3.87. The minimum Gasteiger partial charge on any atom is -0.439 e. The van der Waals surface area contributed by atoms with E-state index < -0.39 is 0 Å². The summed E-state index contributed by atoms with van der Waals surface area (Å²) in [6.45, 7) is 3.47. The van der Waals surface area contributed by atoms with E-state index in [9.17, 15) is 9.18 Å². The van der Waals surface area contributed by atoms with Gasteiger partial charge in [0.1, 0.15) is 10.8 Å². The van der Waals surface area contributed by atoms with E-state index in [-0.39, 0.29) is 16.4 Å². The highest BCUT2D eigenvalue weighted by atomic mass is 35.5. The van der Waals surface area contributed by atoms with Crippen LogP contribution < -0.4 is 10.5 Å². The van der Waals surface area contributed by atoms with Gasteiger partial charge in [0.25, 0.3) is 5.56 Å². The van der Waals surface area contributed by atoms with E-state index in [4.69, 9.17) is 16.0 Å². The van der Waals surface area contributed by atoms with Gasteiger partial charge in [-0.05, 0) is 36.4 Å². The van der Waals surface area contributed by atoms with Crippen molar-refractivity contribution in [2.75, 3.05) is 31.1 Å². The highest BCUT2D eigenvalue weighted by Crippen LogP contribution is 2.24. The third-order valence-corrected chi connectivity index (χ3v) is 6.01. The van der Waals surface area contributed by atoms with Crippen LogP contribution in [0.2, 0.25) is 5.02 Å². The predicted octanol–water partition coefficient (Wildman–Crippen LogP) is 4.00. The first-order valence-electron chi connectivity index (χ1n) is 10.6. The molecule has 0 bridgehead atoms. The topological polar surface area (TPSA) is 67.4 Å². The number of anilines is 1. The average molecular weight is 466 g/mol. The SMILES string of the molecule is O=c1c(Cl)c(N2CCN(Cc3ncc(-c4ccc(F)cc4)o3)CC2)cnn1-c1ccccc1. The van der Waals surface area contributed by atoms with Crippen molar-refractivity contribution in [1.29, 1.82) is 0 Å². The first-order valence-corrected chi connectivity index (χ1v) is 11.0. The number of piperazine rings is 1. The Kier molecular flexibility index (Phi) is 5.93. The molecule has 0 unspecified atom stereocenters. The number of hydrogen-bond acceptors (Lipinski definition) is 6. The molecule has 5 rings (SSSR count). The number of hydrogen-bond donors (Lipinski definition) is 0. The van der Waals surface area contributed by atoms with E-state index in [1.807, 2.05) is 30.3 Å². The third kappa shape index (κ3) is 4.53. The van der Waals surface area contributed by atoms with Gasteiger partial charge in [-0.25, -0.2) is 9.37 Å². The molecule has 0 radical (unpaired) electrons. The molecule has 168 valence electrons. The Balaban J connectivity index is 1.23. The lowest BCUT2D eigenvalue weighted by molar-refractivity contribution is 0.227. The molecule has 3 heterocycles. The van der Waals surface area contributed by atoms with Gasteiger partial charge in [0.15, 0.2) is 5.76 Å². The van der Waals surface area contributed by atoms with Gasteiger partial charge in [-0.3, -0.25) is 9.69 Å². The first-order chi connectivity index (χ1) is 16.1. The van der Waals surface area contributed by atoms with Crippen LogP contribution in [0.25, 0.3) is 17.0 Å². The van der Waals surface area contributed by atoms with Crippen molar-refractivity contribution < 1.29 is 8.81 Å². The van der Waals surface area contributed by atoms with Crippen molar-refractivity contribution in [3.05, 3.63) is 94.1 Å². The quantitative estimate of drug-likeness (QED) is 0.444. The summed E-state index contributed by atoms with van der Waals surface area (Å²) in [5, 5.41) is 4.49. The second-order valence-corrected chi connectivity index (χ2v) is 8.16. The smallest absolute Gasteiger partial charge is 0.292 e. The van der Waals surface area contributed by atoms with E-state index in [0.717, 1.165) is 18.7 Å². The summed E-state index contributed by atoms with van der Waals surface area (Å²) in [6, 6.07) is 15.3. The van der Waals surface area contributed by atoms with Gasteiger partial charge < -0.3 is 9.32 Å². The molecule has 2 aromatic heterocycles. The van der Waals surface area contributed by atoms with Crippen LogP contribution in [0.15, 0.2) is 76.2 Å². The van der Waals surface area contributed by atoms with Gasteiger partial charge in [0.05, 0.1) is 30.3 Å².